The highest BCUT2D eigenvalue weighted by Gasteiger charge is 2.09. The number of unbranched alkanes of at least 4 members (excludes halogenated alkanes) is 1. The van der Waals surface area contributed by atoms with Crippen LogP contribution in [0.3, 0.4) is 0 Å². The van der Waals surface area contributed by atoms with Crippen molar-refractivity contribution in [2.75, 3.05) is 13.2 Å². The van der Waals surface area contributed by atoms with Gasteiger partial charge in [0.15, 0.2) is 0 Å². The van der Waals surface area contributed by atoms with Crippen molar-refractivity contribution in [2.24, 2.45) is 5.92 Å². The van der Waals surface area contributed by atoms with Crippen LogP contribution < -0.4 is 5.32 Å². The summed E-state index contributed by atoms with van der Waals surface area (Å²) in [5, 5.41) is 3.51. The molecule has 1 N–H and O–H groups in total. The highest BCUT2D eigenvalue weighted by atomic mass is 16.5. The minimum absolute atomic E-state index is 0.255. The third kappa shape index (κ3) is 7.80. The van der Waals surface area contributed by atoms with Crippen molar-refractivity contribution in [1.29, 1.82) is 0 Å². The maximum Gasteiger partial charge on any atom is 0.107 e. The summed E-state index contributed by atoms with van der Waals surface area (Å²) in [5.41, 5.74) is 0. The smallest absolute Gasteiger partial charge is 0.107 e. The molecule has 0 aromatic carbocycles. The van der Waals surface area contributed by atoms with E-state index < -0.39 is 0 Å². The monoisotopic (exact) mass is 215 g/mol. The van der Waals surface area contributed by atoms with Crippen molar-refractivity contribution >= 4 is 0 Å². The zero-order valence-corrected chi connectivity index (χ0v) is 11.0. The SMILES string of the molecule is CCCCC(CC)CNC(CC)OCC. The van der Waals surface area contributed by atoms with Crippen molar-refractivity contribution in [3.8, 4) is 0 Å². The number of hydrogen-bond acceptors (Lipinski definition) is 2. The second-order valence-electron chi connectivity index (χ2n) is 4.18. The second-order valence-corrected chi connectivity index (χ2v) is 4.18. The van der Waals surface area contributed by atoms with E-state index in [4.69, 9.17) is 4.74 Å². The van der Waals surface area contributed by atoms with Crippen LogP contribution in [0.5, 0.6) is 0 Å². The summed E-state index contributed by atoms with van der Waals surface area (Å²) >= 11 is 0. The molecule has 0 rings (SSSR count). The largest absolute Gasteiger partial charge is 0.364 e. The van der Waals surface area contributed by atoms with E-state index >= 15 is 0 Å². The van der Waals surface area contributed by atoms with Gasteiger partial charge in [0, 0.05) is 13.2 Å². The van der Waals surface area contributed by atoms with Crippen LogP contribution in [0.1, 0.15) is 59.8 Å². The summed E-state index contributed by atoms with van der Waals surface area (Å²) in [6, 6.07) is 0. The molecule has 2 atom stereocenters. The summed E-state index contributed by atoms with van der Waals surface area (Å²) < 4.78 is 5.58. The topological polar surface area (TPSA) is 21.3 Å². The Kier molecular flexibility index (Phi) is 10.4. The summed E-state index contributed by atoms with van der Waals surface area (Å²) in [6.45, 7) is 10.7. The Morgan fingerprint density at radius 1 is 1.07 bits per heavy atom. The van der Waals surface area contributed by atoms with Crippen LogP contribution in [-0.2, 0) is 4.74 Å². The van der Waals surface area contributed by atoms with Crippen LogP contribution in [0.4, 0.5) is 0 Å². The average molecular weight is 215 g/mol. The molecule has 0 fully saturated rings. The molecule has 2 heteroatoms. The zero-order valence-electron chi connectivity index (χ0n) is 11.0. The molecule has 2 unspecified atom stereocenters. The van der Waals surface area contributed by atoms with Gasteiger partial charge in [-0.1, -0.05) is 40.0 Å². The molecular formula is C13H29NO. The molecule has 92 valence electrons. The summed E-state index contributed by atoms with van der Waals surface area (Å²) in [6.07, 6.45) is 6.59. The predicted octanol–water partition coefficient (Wildman–Crippen LogP) is 3.57. The molecule has 0 aliphatic carbocycles. The lowest BCUT2D eigenvalue weighted by molar-refractivity contribution is 0.0324. The first kappa shape index (κ1) is 14.9. The van der Waals surface area contributed by atoms with Crippen LogP contribution in [-0.4, -0.2) is 19.4 Å². The number of hydrogen-bond donors (Lipinski definition) is 1. The normalized spacial score (nSPS) is 15.2. The third-order valence-electron chi connectivity index (χ3n) is 2.92. The molecule has 0 bridgehead atoms. The highest BCUT2D eigenvalue weighted by molar-refractivity contribution is 4.63. The van der Waals surface area contributed by atoms with Crippen molar-refractivity contribution in [1.82, 2.24) is 5.32 Å². The fraction of sp³-hybridized carbons (Fsp3) is 1.00. The molecule has 0 radical (unpaired) electrons. The molecule has 0 spiro atoms. The van der Waals surface area contributed by atoms with Crippen molar-refractivity contribution < 1.29 is 4.74 Å². The number of ether oxygens (including phenoxy) is 1. The molecule has 0 saturated heterocycles. The first-order chi connectivity index (χ1) is 7.28. The summed E-state index contributed by atoms with van der Waals surface area (Å²) in [4.78, 5) is 0. The Balaban J connectivity index is 3.66. The maximum absolute atomic E-state index is 5.58. The molecule has 15 heavy (non-hydrogen) atoms. The third-order valence-corrected chi connectivity index (χ3v) is 2.92. The average Bonchev–Trinajstić information content (AvgIpc) is 2.27. The van der Waals surface area contributed by atoms with Gasteiger partial charge < -0.3 is 4.74 Å². The standard InChI is InChI=1S/C13H29NO/c1-5-9-10-12(6-2)11-14-13(7-3)15-8-4/h12-14H,5-11H2,1-4H3. The van der Waals surface area contributed by atoms with E-state index in [1.54, 1.807) is 0 Å². The molecule has 0 aliphatic heterocycles. The minimum Gasteiger partial charge on any atom is -0.364 e. The van der Waals surface area contributed by atoms with Gasteiger partial charge >= 0.3 is 0 Å². The lowest BCUT2D eigenvalue weighted by atomic mass is 9.99. The Labute approximate surface area is 95.8 Å². The van der Waals surface area contributed by atoms with E-state index in [1.807, 2.05) is 0 Å². The van der Waals surface area contributed by atoms with E-state index in [0.29, 0.717) is 0 Å². The molecular weight excluding hydrogens is 186 g/mol. The molecule has 0 aromatic heterocycles. The summed E-state index contributed by atoms with van der Waals surface area (Å²) in [7, 11) is 0. The molecule has 2 nitrogen and oxygen atoms in total. The van der Waals surface area contributed by atoms with Gasteiger partial charge in [-0.15, -0.1) is 0 Å². The maximum atomic E-state index is 5.58. The quantitative estimate of drug-likeness (QED) is 0.563. The van der Waals surface area contributed by atoms with E-state index in [9.17, 15) is 0 Å². The first-order valence-electron chi connectivity index (χ1n) is 6.63. The first-order valence-corrected chi connectivity index (χ1v) is 6.63. The van der Waals surface area contributed by atoms with Gasteiger partial charge in [-0.05, 0) is 25.7 Å². The van der Waals surface area contributed by atoms with Gasteiger partial charge in [0.2, 0.25) is 0 Å². The Hall–Kier alpha value is -0.0800. The van der Waals surface area contributed by atoms with E-state index in [1.165, 1.54) is 25.7 Å². The molecule has 0 aliphatic rings. The van der Waals surface area contributed by atoms with Gasteiger partial charge in [0.1, 0.15) is 6.23 Å². The van der Waals surface area contributed by atoms with Crippen LogP contribution in [0.15, 0.2) is 0 Å². The van der Waals surface area contributed by atoms with Crippen LogP contribution in [0.25, 0.3) is 0 Å². The van der Waals surface area contributed by atoms with Crippen LogP contribution in [0, 0.1) is 5.92 Å². The van der Waals surface area contributed by atoms with E-state index in [2.05, 4.69) is 33.0 Å². The van der Waals surface area contributed by atoms with Crippen LogP contribution in [0.2, 0.25) is 0 Å². The molecule has 0 amide bonds. The second kappa shape index (κ2) is 10.4. The molecule has 0 saturated carbocycles. The van der Waals surface area contributed by atoms with E-state index in [0.717, 1.165) is 25.5 Å². The lowest BCUT2D eigenvalue weighted by Gasteiger charge is -2.21. The van der Waals surface area contributed by atoms with Gasteiger partial charge in [0.05, 0.1) is 0 Å². The summed E-state index contributed by atoms with van der Waals surface area (Å²) in [5.74, 6) is 0.819. The van der Waals surface area contributed by atoms with Crippen LogP contribution >= 0.6 is 0 Å². The van der Waals surface area contributed by atoms with Crippen molar-refractivity contribution in [3.05, 3.63) is 0 Å². The number of rotatable bonds is 10. The minimum atomic E-state index is 0.255. The molecule has 0 aromatic rings. The van der Waals surface area contributed by atoms with Gasteiger partial charge in [-0.2, -0.15) is 0 Å². The Morgan fingerprint density at radius 2 is 1.80 bits per heavy atom. The fourth-order valence-corrected chi connectivity index (χ4v) is 1.76. The Bertz CT molecular complexity index is 128. The lowest BCUT2D eigenvalue weighted by Crippen LogP contribution is -2.35. The van der Waals surface area contributed by atoms with Gasteiger partial charge in [-0.3, -0.25) is 5.32 Å². The van der Waals surface area contributed by atoms with Gasteiger partial charge in [-0.25, -0.2) is 0 Å². The highest BCUT2D eigenvalue weighted by Crippen LogP contribution is 2.11. The molecule has 0 heterocycles. The van der Waals surface area contributed by atoms with E-state index in [-0.39, 0.29) is 6.23 Å². The zero-order chi connectivity index (χ0) is 11.5. The van der Waals surface area contributed by atoms with Gasteiger partial charge in [0.25, 0.3) is 0 Å². The predicted molar refractivity (Wildman–Crippen MR) is 67.0 cm³/mol. The van der Waals surface area contributed by atoms with Crippen molar-refractivity contribution in [2.45, 2.75) is 66.0 Å². The van der Waals surface area contributed by atoms with Crippen molar-refractivity contribution in [3.63, 3.8) is 0 Å². The fourth-order valence-electron chi connectivity index (χ4n) is 1.76. The Morgan fingerprint density at radius 3 is 2.27 bits per heavy atom. The number of nitrogens with one attached hydrogen (secondary N) is 1.